The number of carbonyl (C=O) groups excluding carboxylic acids is 1. The molecule has 0 atom stereocenters. The van der Waals surface area contributed by atoms with Crippen molar-refractivity contribution in [3.63, 3.8) is 0 Å². The van der Waals surface area contributed by atoms with Crippen LogP contribution in [0, 0.1) is 9.39 Å². The number of ether oxygens (including phenoxy) is 1. The maximum Gasteiger partial charge on any atom is 0.429 e. The highest BCUT2D eigenvalue weighted by Gasteiger charge is 2.53. The van der Waals surface area contributed by atoms with Crippen LogP contribution in [0.1, 0.15) is 20.8 Å². The van der Waals surface area contributed by atoms with Crippen LogP contribution in [-0.4, -0.2) is 43.4 Å². The van der Waals surface area contributed by atoms with E-state index in [0.717, 1.165) is 12.1 Å². The molecule has 0 bridgehead atoms. The highest BCUT2D eigenvalue weighted by atomic mass is 127. The van der Waals surface area contributed by atoms with Crippen molar-refractivity contribution < 1.29 is 31.1 Å². The number of amides is 1. The van der Waals surface area contributed by atoms with Gasteiger partial charge < -0.3 is 4.74 Å². The van der Waals surface area contributed by atoms with E-state index in [9.17, 15) is 26.4 Å². The summed E-state index contributed by atoms with van der Waals surface area (Å²) in [5.74, 6) is -3.91. The quantitative estimate of drug-likeness (QED) is 0.441. The highest BCUT2D eigenvalue weighted by Crippen LogP contribution is 2.38. The van der Waals surface area contributed by atoms with Gasteiger partial charge in [-0.1, -0.05) is 11.6 Å². The van der Waals surface area contributed by atoms with Gasteiger partial charge in [0.15, 0.2) is 0 Å². The minimum atomic E-state index is -4.71. The molecule has 2 rings (SSSR count). The third-order valence-corrected chi connectivity index (χ3v) is 6.64. The maximum atomic E-state index is 13.6. The first-order valence-corrected chi connectivity index (χ1v) is 10.1. The molecule has 1 heterocycles. The van der Waals surface area contributed by atoms with Crippen LogP contribution in [0.3, 0.4) is 0 Å². The number of benzene rings is 1. The van der Waals surface area contributed by atoms with Gasteiger partial charge in [0.2, 0.25) is 0 Å². The molecule has 0 radical (unpaired) electrons. The number of halogens is 5. The summed E-state index contributed by atoms with van der Waals surface area (Å²) < 4.78 is 70.9. The Labute approximate surface area is 167 Å². The van der Waals surface area contributed by atoms with Gasteiger partial charge in [0.1, 0.15) is 11.4 Å². The average Bonchev–Trinajstić information content (AvgIpc) is 2.43. The third-order valence-electron chi connectivity index (χ3n) is 3.17. The molecule has 1 aromatic rings. The lowest BCUT2D eigenvalue weighted by Gasteiger charge is -2.40. The Hall–Kier alpha value is -0.790. The second-order valence-electron chi connectivity index (χ2n) is 6.57. The summed E-state index contributed by atoms with van der Waals surface area (Å²) in [5, 5.41) is -0.354. The molecule has 1 aliphatic heterocycles. The zero-order valence-corrected chi connectivity index (χ0v) is 17.6. The van der Waals surface area contributed by atoms with Gasteiger partial charge in [-0.2, -0.15) is 17.0 Å². The van der Waals surface area contributed by atoms with Crippen LogP contribution in [0.15, 0.2) is 12.1 Å². The summed E-state index contributed by atoms with van der Waals surface area (Å²) in [5.41, 5.74) is -1.45. The van der Waals surface area contributed by atoms with E-state index in [4.69, 9.17) is 16.3 Å². The Kier molecular flexibility index (Phi) is 5.78. The summed E-state index contributed by atoms with van der Waals surface area (Å²) >= 11 is 7.55. The molecule has 0 spiro atoms. The maximum absolute atomic E-state index is 13.6. The molecule has 1 aromatic carbocycles. The number of nitrogens with zero attached hydrogens (tertiary/aromatic N) is 2. The van der Waals surface area contributed by atoms with E-state index in [1.807, 2.05) is 0 Å². The standard InChI is InChI=1S/C14H15ClF3IN2O4S/c1-13(2,3)25-12(22)21(9-5-4-8(16)11(19)10(9)15)26(23,24)20-6-14(17,18)7-20/h4-5H,6-7H2,1-3H3. The summed E-state index contributed by atoms with van der Waals surface area (Å²) in [7, 11) is -4.71. The fourth-order valence-corrected chi connectivity index (χ4v) is 4.35. The Balaban J connectivity index is 2.54. The van der Waals surface area contributed by atoms with Crippen LogP contribution in [0.2, 0.25) is 5.02 Å². The number of hydrogen-bond acceptors (Lipinski definition) is 4. The SMILES string of the molecule is CC(C)(C)OC(=O)N(c1ccc(F)c(I)c1Cl)S(=O)(=O)N1CC(F)(F)C1. The van der Waals surface area contributed by atoms with E-state index in [1.165, 1.54) is 43.4 Å². The summed E-state index contributed by atoms with van der Waals surface area (Å²) in [4.78, 5) is 12.5. The minimum absolute atomic E-state index is 0.125. The lowest BCUT2D eigenvalue weighted by molar-refractivity contribution is -0.0946. The third kappa shape index (κ3) is 4.37. The van der Waals surface area contributed by atoms with Crippen molar-refractivity contribution in [3.05, 3.63) is 26.5 Å². The highest BCUT2D eigenvalue weighted by molar-refractivity contribution is 14.1. The predicted molar refractivity (Wildman–Crippen MR) is 98.3 cm³/mol. The molecule has 0 aliphatic carbocycles. The van der Waals surface area contributed by atoms with Crippen molar-refractivity contribution in [3.8, 4) is 0 Å². The van der Waals surface area contributed by atoms with Gasteiger partial charge in [0, 0.05) is 0 Å². The number of hydrogen-bond donors (Lipinski definition) is 0. The normalized spacial score (nSPS) is 17.5. The minimum Gasteiger partial charge on any atom is -0.443 e. The van der Waals surface area contributed by atoms with Crippen molar-refractivity contribution in [2.45, 2.75) is 32.3 Å². The van der Waals surface area contributed by atoms with Crippen LogP contribution in [0.25, 0.3) is 0 Å². The van der Waals surface area contributed by atoms with Gasteiger partial charge in [-0.05, 0) is 55.5 Å². The molecule has 146 valence electrons. The Morgan fingerprint density at radius 2 is 1.88 bits per heavy atom. The summed E-state index contributed by atoms with van der Waals surface area (Å²) in [6.45, 7) is 2.35. The van der Waals surface area contributed by atoms with Crippen molar-refractivity contribution in [1.82, 2.24) is 4.31 Å². The molecule has 0 aromatic heterocycles. The number of rotatable bonds is 3. The van der Waals surface area contributed by atoms with Crippen molar-refractivity contribution >= 4 is 56.2 Å². The van der Waals surface area contributed by atoms with Gasteiger partial charge in [-0.3, -0.25) is 0 Å². The number of alkyl halides is 2. The van der Waals surface area contributed by atoms with Crippen molar-refractivity contribution in [1.29, 1.82) is 0 Å². The monoisotopic (exact) mass is 526 g/mol. The molecular formula is C14H15ClF3IN2O4S. The Bertz CT molecular complexity index is 837. The van der Waals surface area contributed by atoms with E-state index < -0.39 is 46.7 Å². The molecule has 6 nitrogen and oxygen atoms in total. The molecule has 26 heavy (non-hydrogen) atoms. The van der Waals surface area contributed by atoms with Gasteiger partial charge in [0.25, 0.3) is 5.92 Å². The smallest absolute Gasteiger partial charge is 0.429 e. The summed E-state index contributed by atoms with van der Waals surface area (Å²) in [6.07, 6.45) is -1.34. The van der Waals surface area contributed by atoms with E-state index in [-0.39, 0.29) is 18.6 Å². The largest absolute Gasteiger partial charge is 0.443 e. The first-order valence-electron chi connectivity index (χ1n) is 7.20. The van der Waals surface area contributed by atoms with Gasteiger partial charge in [-0.15, -0.1) is 0 Å². The first kappa shape index (κ1) is 21.5. The fourth-order valence-electron chi connectivity index (χ4n) is 2.04. The lowest BCUT2D eigenvalue weighted by Crippen LogP contribution is -2.62. The topological polar surface area (TPSA) is 66.9 Å². The van der Waals surface area contributed by atoms with Crippen molar-refractivity contribution in [2.24, 2.45) is 0 Å². The average molecular weight is 527 g/mol. The molecule has 0 saturated carbocycles. The molecule has 12 heteroatoms. The van der Waals surface area contributed by atoms with Crippen LogP contribution >= 0.6 is 34.2 Å². The van der Waals surface area contributed by atoms with Crippen LogP contribution in [-0.2, 0) is 14.9 Å². The number of anilines is 1. The molecule has 0 N–H and O–H groups in total. The molecule has 1 fully saturated rings. The first-order chi connectivity index (χ1) is 11.7. The van der Waals surface area contributed by atoms with E-state index in [1.54, 1.807) is 0 Å². The zero-order chi connectivity index (χ0) is 20.1. The van der Waals surface area contributed by atoms with Crippen LogP contribution in [0.4, 0.5) is 23.7 Å². The predicted octanol–water partition coefficient (Wildman–Crippen LogP) is 4.02. The molecule has 0 unspecified atom stereocenters. The summed E-state index contributed by atoms with van der Waals surface area (Å²) in [6, 6.07) is 1.89. The fraction of sp³-hybridized carbons (Fsp3) is 0.500. The number of carbonyl (C=O) groups is 1. The van der Waals surface area contributed by atoms with Gasteiger partial charge >= 0.3 is 16.3 Å². The van der Waals surface area contributed by atoms with E-state index >= 15 is 0 Å². The van der Waals surface area contributed by atoms with Gasteiger partial charge in [-0.25, -0.2) is 18.0 Å². The second-order valence-corrected chi connectivity index (χ2v) is 9.80. The van der Waals surface area contributed by atoms with Gasteiger partial charge in [0.05, 0.1) is 27.4 Å². The molecule has 1 amide bonds. The Morgan fingerprint density at radius 1 is 1.35 bits per heavy atom. The van der Waals surface area contributed by atoms with E-state index in [0.29, 0.717) is 4.31 Å². The van der Waals surface area contributed by atoms with Crippen LogP contribution in [0.5, 0.6) is 0 Å². The lowest BCUT2D eigenvalue weighted by atomic mass is 10.2. The zero-order valence-electron chi connectivity index (χ0n) is 13.9. The van der Waals surface area contributed by atoms with Crippen molar-refractivity contribution in [2.75, 3.05) is 17.4 Å². The molecule has 1 saturated heterocycles. The molecule has 1 aliphatic rings. The van der Waals surface area contributed by atoms with E-state index in [2.05, 4.69) is 0 Å². The van der Waals surface area contributed by atoms with Crippen LogP contribution < -0.4 is 4.31 Å². The Morgan fingerprint density at radius 3 is 2.35 bits per heavy atom. The molecular weight excluding hydrogens is 512 g/mol. The second kappa shape index (κ2) is 6.99.